The minimum atomic E-state index is -0.474. The molecule has 17 heavy (non-hydrogen) atoms. The highest BCUT2D eigenvalue weighted by molar-refractivity contribution is 6.00. The van der Waals surface area contributed by atoms with Crippen molar-refractivity contribution < 1.29 is 9.18 Å². The van der Waals surface area contributed by atoms with E-state index in [1.165, 1.54) is 6.07 Å². The molecule has 0 saturated heterocycles. The monoisotopic (exact) mass is 236 g/mol. The Hall–Kier alpha value is -1.58. The predicted molar refractivity (Wildman–Crippen MR) is 65.6 cm³/mol. The molecular weight excluding hydrogens is 219 g/mol. The third-order valence-corrected chi connectivity index (χ3v) is 2.87. The lowest BCUT2D eigenvalue weighted by Gasteiger charge is -2.17. The van der Waals surface area contributed by atoms with Gasteiger partial charge in [-0.05, 0) is 24.5 Å². The van der Waals surface area contributed by atoms with Crippen LogP contribution in [-0.4, -0.2) is 18.5 Å². The Morgan fingerprint density at radius 1 is 1.47 bits per heavy atom. The molecule has 3 nitrogen and oxygen atoms in total. The van der Waals surface area contributed by atoms with Crippen molar-refractivity contribution in [1.29, 1.82) is 0 Å². The Morgan fingerprint density at radius 2 is 2.24 bits per heavy atom. The summed E-state index contributed by atoms with van der Waals surface area (Å²) >= 11 is 0. The lowest BCUT2D eigenvalue weighted by Crippen LogP contribution is -2.38. The average molecular weight is 236 g/mol. The van der Waals surface area contributed by atoms with Crippen LogP contribution in [0.5, 0.6) is 0 Å². The van der Waals surface area contributed by atoms with Crippen LogP contribution in [0.1, 0.15) is 30.6 Å². The van der Waals surface area contributed by atoms with Gasteiger partial charge in [0.05, 0.1) is 5.56 Å². The number of anilines is 1. The maximum atomic E-state index is 13.6. The Bertz CT molecular complexity index is 431. The smallest absolute Gasteiger partial charge is 0.256 e. The van der Waals surface area contributed by atoms with E-state index in [9.17, 15) is 9.18 Å². The van der Waals surface area contributed by atoms with Gasteiger partial charge in [-0.1, -0.05) is 19.9 Å². The van der Waals surface area contributed by atoms with Crippen molar-refractivity contribution >= 4 is 11.6 Å². The highest BCUT2D eigenvalue weighted by atomic mass is 19.1. The van der Waals surface area contributed by atoms with Gasteiger partial charge < -0.3 is 10.6 Å². The van der Waals surface area contributed by atoms with Crippen molar-refractivity contribution in [3.63, 3.8) is 0 Å². The summed E-state index contributed by atoms with van der Waals surface area (Å²) in [5.74, 6) is -0.306. The van der Waals surface area contributed by atoms with Gasteiger partial charge in [0.15, 0.2) is 0 Å². The topological polar surface area (TPSA) is 41.1 Å². The van der Waals surface area contributed by atoms with Crippen LogP contribution in [0, 0.1) is 11.7 Å². The first-order valence-corrected chi connectivity index (χ1v) is 5.91. The first-order chi connectivity index (χ1) is 8.08. The fourth-order valence-corrected chi connectivity index (χ4v) is 2.16. The van der Waals surface area contributed by atoms with E-state index in [0.29, 0.717) is 18.2 Å². The highest BCUT2D eigenvalue weighted by Gasteiger charge is 2.24. The van der Waals surface area contributed by atoms with E-state index in [-0.39, 0.29) is 17.5 Å². The van der Waals surface area contributed by atoms with Gasteiger partial charge in [0.1, 0.15) is 5.82 Å². The summed E-state index contributed by atoms with van der Waals surface area (Å²) in [5.41, 5.74) is 0.701. The zero-order valence-corrected chi connectivity index (χ0v) is 10.1. The Balaban J connectivity index is 2.24. The normalized spacial score (nSPS) is 19.3. The summed E-state index contributed by atoms with van der Waals surface area (Å²) < 4.78 is 13.6. The quantitative estimate of drug-likeness (QED) is 0.827. The molecule has 1 atom stereocenters. The first kappa shape index (κ1) is 11.9. The van der Waals surface area contributed by atoms with Gasteiger partial charge in [0, 0.05) is 18.3 Å². The van der Waals surface area contributed by atoms with Crippen molar-refractivity contribution in [2.24, 2.45) is 5.92 Å². The second-order valence-corrected chi connectivity index (χ2v) is 4.84. The number of rotatable bonds is 2. The van der Waals surface area contributed by atoms with Crippen molar-refractivity contribution in [2.75, 3.05) is 11.9 Å². The molecule has 92 valence electrons. The molecule has 0 saturated carbocycles. The van der Waals surface area contributed by atoms with E-state index in [1.807, 2.05) is 0 Å². The number of carbonyl (C=O) groups excluding carboxylic acids is 1. The highest BCUT2D eigenvalue weighted by Crippen LogP contribution is 2.22. The summed E-state index contributed by atoms with van der Waals surface area (Å²) in [4.78, 5) is 11.9. The number of carbonyl (C=O) groups is 1. The molecule has 1 aromatic rings. The molecule has 0 bridgehead atoms. The van der Waals surface area contributed by atoms with Crippen LogP contribution in [0.15, 0.2) is 18.2 Å². The van der Waals surface area contributed by atoms with E-state index in [1.54, 1.807) is 12.1 Å². The van der Waals surface area contributed by atoms with Crippen LogP contribution < -0.4 is 10.6 Å². The second kappa shape index (κ2) is 4.73. The Labute approximate surface area is 100 Å². The van der Waals surface area contributed by atoms with Crippen molar-refractivity contribution in [3.05, 3.63) is 29.6 Å². The zero-order valence-electron chi connectivity index (χ0n) is 10.1. The van der Waals surface area contributed by atoms with Gasteiger partial charge in [-0.2, -0.15) is 0 Å². The summed E-state index contributed by atoms with van der Waals surface area (Å²) in [6, 6.07) is 4.70. The fraction of sp³-hybridized carbons (Fsp3) is 0.462. The van der Waals surface area contributed by atoms with E-state index < -0.39 is 5.82 Å². The van der Waals surface area contributed by atoms with Gasteiger partial charge >= 0.3 is 0 Å². The maximum absolute atomic E-state index is 13.6. The number of fused-ring (bicyclic) bond motifs is 1. The van der Waals surface area contributed by atoms with Crippen molar-refractivity contribution in [1.82, 2.24) is 5.32 Å². The number of hydrogen-bond acceptors (Lipinski definition) is 2. The number of benzene rings is 1. The fourth-order valence-electron chi connectivity index (χ4n) is 2.16. The Morgan fingerprint density at radius 3 is 2.94 bits per heavy atom. The predicted octanol–water partition coefficient (Wildman–Crippen LogP) is 2.40. The molecular formula is C13H17FN2O. The molecule has 1 aromatic carbocycles. The number of halogens is 1. The van der Waals surface area contributed by atoms with Crippen LogP contribution >= 0.6 is 0 Å². The summed E-state index contributed by atoms with van der Waals surface area (Å²) in [5, 5.41) is 5.99. The molecule has 1 aliphatic heterocycles. The molecule has 0 fully saturated rings. The summed E-state index contributed by atoms with van der Waals surface area (Å²) in [6.45, 7) is 4.84. The zero-order chi connectivity index (χ0) is 12.4. The summed E-state index contributed by atoms with van der Waals surface area (Å²) in [6.07, 6.45) is 0.883. The standard InChI is InChI=1S/C13H17FN2O/c1-8(2)6-9-7-15-11-5-3-4-10(14)12(11)13(17)16-9/h3-5,8-9,15H,6-7H2,1-2H3,(H,16,17). The third-order valence-electron chi connectivity index (χ3n) is 2.87. The molecule has 1 amide bonds. The minimum absolute atomic E-state index is 0.0503. The second-order valence-electron chi connectivity index (χ2n) is 4.84. The van der Waals surface area contributed by atoms with E-state index >= 15 is 0 Å². The van der Waals surface area contributed by atoms with E-state index in [4.69, 9.17) is 0 Å². The van der Waals surface area contributed by atoms with Gasteiger partial charge in [-0.3, -0.25) is 4.79 Å². The lowest BCUT2D eigenvalue weighted by molar-refractivity contribution is 0.0935. The molecule has 1 unspecified atom stereocenters. The maximum Gasteiger partial charge on any atom is 0.256 e. The van der Waals surface area contributed by atoms with Crippen LogP contribution in [-0.2, 0) is 0 Å². The molecule has 2 N–H and O–H groups in total. The number of amides is 1. The van der Waals surface area contributed by atoms with Crippen molar-refractivity contribution in [3.8, 4) is 0 Å². The van der Waals surface area contributed by atoms with E-state index in [2.05, 4.69) is 24.5 Å². The molecule has 1 heterocycles. The van der Waals surface area contributed by atoms with Crippen molar-refractivity contribution in [2.45, 2.75) is 26.3 Å². The van der Waals surface area contributed by atoms with Gasteiger partial charge in [0.2, 0.25) is 0 Å². The minimum Gasteiger partial charge on any atom is -0.382 e. The third kappa shape index (κ3) is 2.57. The van der Waals surface area contributed by atoms with Crippen LogP contribution in [0.3, 0.4) is 0 Å². The molecule has 0 aliphatic carbocycles. The molecule has 4 heteroatoms. The molecule has 0 radical (unpaired) electrons. The molecule has 0 aromatic heterocycles. The molecule has 2 rings (SSSR count). The van der Waals surface area contributed by atoms with Crippen LogP contribution in [0.25, 0.3) is 0 Å². The van der Waals surface area contributed by atoms with E-state index in [0.717, 1.165) is 6.42 Å². The number of nitrogens with one attached hydrogen (secondary N) is 2. The Kier molecular flexibility index (Phi) is 3.31. The SMILES string of the molecule is CC(C)CC1CNc2cccc(F)c2C(=O)N1. The first-order valence-electron chi connectivity index (χ1n) is 5.91. The van der Waals surface area contributed by atoms with Gasteiger partial charge in [-0.15, -0.1) is 0 Å². The lowest BCUT2D eigenvalue weighted by atomic mass is 10.0. The average Bonchev–Trinajstić information content (AvgIpc) is 2.38. The summed E-state index contributed by atoms with van der Waals surface area (Å²) in [7, 11) is 0. The van der Waals surface area contributed by atoms with Gasteiger partial charge in [-0.25, -0.2) is 4.39 Å². The molecule has 0 spiro atoms. The molecule has 1 aliphatic rings. The largest absolute Gasteiger partial charge is 0.382 e. The van der Waals surface area contributed by atoms with Crippen LogP contribution in [0.2, 0.25) is 0 Å². The van der Waals surface area contributed by atoms with Crippen LogP contribution in [0.4, 0.5) is 10.1 Å². The van der Waals surface area contributed by atoms with Gasteiger partial charge in [0.25, 0.3) is 5.91 Å². The number of hydrogen-bond donors (Lipinski definition) is 2.